The van der Waals surface area contributed by atoms with Crippen molar-refractivity contribution in [3.05, 3.63) is 30.1 Å². The minimum absolute atomic E-state index is 0.296. The summed E-state index contributed by atoms with van der Waals surface area (Å²) >= 11 is 0. The quantitative estimate of drug-likeness (QED) is 0.724. The van der Waals surface area contributed by atoms with Gasteiger partial charge in [-0.15, -0.1) is 10.2 Å². The Bertz CT molecular complexity index is 438. The Morgan fingerprint density at radius 1 is 1.43 bits per heavy atom. The Morgan fingerprint density at radius 3 is 2.93 bits per heavy atom. The average Bonchev–Trinajstić information content (AvgIpc) is 2.66. The molecule has 0 atom stereocenters. The number of aryl methyl sites for hydroxylation is 1. The number of nitrogens with zero attached hydrogens (tertiary/aromatic N) is 4. The first-order chi connectivity index (χ1) is 6.79. The molecule has 1 aromatic heterocycles. The lowest BCUT2D eigenvalue weighted by Gasteiger charge is -1.93. The van der Waals surface area contributed by atoms with Crippen LogP contribution in [0.4, 0.5) is 4.39 Å². The summed E-state index contributed by atoms with van der Waals surface area (Å²) in [5.74, 6) is 0.154. The van der Waals surface area contributed by atoms with E-state index in [1.165, 1.54) is 16.9 Å². The number of hydrogen-bond acceptors (Lipinski definition) is 3. The predicted molar refractivity (Wildman–Crippen MR) is 48.9 cm³/mol. The highest BCUT2D eigenvalue weighted by Crippen LogP contribution is 2.13. The number of benzene rings is 1. The molecule has 0 bridgehead atoms. The third-order valence-electron chi connectivity index (χ3n) is 1.82. The molecule has 0 aliphatic carbocycles. The molecule has 5 heteroatoms. The van der Waals surface area contributed by atoms with Crippen LogP contribution in [-0.4, -0.2) is 20.2 Å². The summed E-state index contributed by atoms with van der Waals surface area (Å²) in [6, 6.07) is 6.14. The normalized spacial score (nSPS) is 10.4. The van der Waals surface area contributed by atoms with Crippen molar-refractivity contribution in [1.29, 1.82) is 0 Å². The van der Waals surface area contributed by atoms with Gasteiger partial charge in [0.2, 0.25) is 5.82 Å². The maximum Gasteiger partial charge on any atom is 0.205 e. The van der Waals surface area contributed by atoms with Gasteiger partial charge in [0, 0.05) is 5.56 Å². The van der Waals surface area contributed by atoms with E-state index in [0.717, 1.165) is 0 Å². The topological polar surface area (TPSA) is 43.6 Å². The summed E-state index contributed by atoms with van der Waals surface area (Å²) in [7, 11) is 0. The van der Waals surface area contributed by atoms with Crippen LogP contribution in [0.1, 0.15) is 6.92 Å². The SMILES string of the molecule is CCn1nnc(-c2cccc(F)c2)n1. The Balaban J connectivity index is 2.39. The summed E-state index contributed by atoms with van der Waals surface area (Å²) in [4.78, 5) is 1.46. The number of tetrazole rings is 1. The smallest absolute Gasteiger partial charge is 0.205 e. The van der Waals surface area contributed by atoms with Gasteiger partial charge in [-0.1, -0.05) is 12.1 Å². The molecule has 4 nitrogen and oxygen atoms in total. The lowest BCUT2D eigenvalue weighted by molar-refractivity contribution is 0.552. The molecule has 2 rings (SSSR count). The van der Waals surface area contributed by atoms with Crippen molar-refractivity contribution >= 4 is 0 Å². The van der Waals surface area contributed by atoms with E-state index in [9.17, 15) is 4.39 Å². The zero-order valence-electron chi connectivity index (χ0n) is 7.68. The highest BCUT2D eigenvalue weighted by molar-refractivity contribution is 5.53. The van der Waals surface area contributed by atoms with Crippen molar-refractivity contribution < 1.29 is 4.39 Å². The van der Waals surface area contributed by atoms with Gasteiger partial charge in [-0.25, -0.2) is 4.39 Å². The third-order valence-corrected chi connectivity index (χ3v) is 1.82. The van der Waals surface area contributed by atoms with E-state index >= 15 is 0 Å². The summed E-state index contributed by atoms with van der Waals surface area (Å²) in [6.07, 6.45) is 0. The van der Waals surface area contributed by atoms with E-state index in [2.05, 4.69) is 15.4 Å². The maximum atomic E-state index is 12.9. The largest absolute Gasteiger partial charge is 0.207 e. The number of hydrogen-bond donors (Lipinski definition) is 0. The summed E-state index contributed by atoms with van der Waals surface area (Å²) < 4.78 is 12.9. The molecule has 0 saturated heterocycles. The monoisotopic (exact) mass is 192 g/mol. The zero-order chi connectivity index (χ0) is 9.97. The van der Waals surface area contributed by atoms with E-state index < -0.39 is 0 Å². The molecule has 0 aliphatic heterocycles. The second-order valence-corrected chi connectivity index (χ2v) is 2.81. The van der Waals surface area contributed by atoms with E-state index in [1.54, 1.807) is 12.1 Å². The first kappa shape index (κ1) is 8.80. The molecule has 0 amide bonds. The van der Waals surface area contributed by atoms with E-state index in [0.29, 0.717) is 17.9 Å². The number of rotatable bonds is 2. The van der Waals surface area contributed by atoms with Crippen molar-refractivity contribution in [1.82, 2.24) is 20.2 Å². The fraction of sp³-hybridized carbons (Fsp3) is 0.222. The van der Waals surface area contributed by atoms with Crippen LogP contribution in [0.5, 0.6) is 0 Å². The molecule has 72 valence electrons. The van der Waals surface area contributed by atoms with Crippen LogP contribution in [0.2, 0.25) is 0 Å². The molecule has 0 spiro atoms. The van der Waals surface area contributed by atoms with E-state index in [1.807, 2.05) is 6.92 Å². The van der Waals surface area contributed by atoms with Crippen LogP contribution < -0.4 is 0 Å². The molecular weight excluding hydrogens is 183 g/mol. The lowest BCUT2D eigenvalue weighted by Crippen LogP contribution is -1.98. The minimum Gasteiger partial charge on any atom is -0.207 e. The van der Waals surface area contributed by atoms with Crippen molar-refractivity contribution in [2.45, 2.75) is 13.5 Å². The van der Waals surface area contributed by atoms with Crippen LogP contribution >= 0.6 is 0 Å². The molecule has 1 aromatic carbocycles. The highest BCUT2D eigenvalue weighted by Gasteiger charge is 2.04. The number of halogens is 1. The average molecular weight is 192 g/mol. The van der Waals surface area contributed by atoms with Crippen LogP contribution in [0.15, 0.2) is 24.3 Å². The third kappa shape index (κ3) is 1.61. The zero-order valence-corrected chi connectivity index (χ0v) is 7.68. The van der Waals surface area contributed by atoms with E-state index in [4.69, 9.17) is 0 Å². The van der Waals surface area contributed by atoms with Gasteiger partial charge in [0.15, 0.2) is 0 Å². The van der Waals surface area contributed by atoms with Gasteiger partial charge in [0.25, 0.3) is 0 Å². The maximum absolute atomic E-state index is 12.9. The second kappa shape index (κ2) is 3.53. The Morgan fingerprint density at radius 2 is 2.29 bits per heavy atom. The van der Waals surface area contributed by atoms with Crippen molar-refractivity contribution in [2.75, 3.05) is 0 Å². The highest BCUT2D eigenvalue weighted by atomic mass is 19.1. The summed E-state index contributed by atoms with van der Waals surface area (Å²) in [6.45, 7) is 2.57. The van der Waals surface area contributed by atoms with Crippen molar-refractivity contribution in [2.24, 2.45) is 0 Å². The molecule has 14 heavy (non-hydrogen) atoms. The molecule has 0 saturated carbocycles. The van der Waals surface area contributed by atoms with Crippen LogP contribution in [-0.2, 0) is 6.54 Å². The molecule has 2 aromatic rings. The van der Waals surface area contributed by atoms with Gasteiger partial charge in [-0.05, 0) is 24.3 Å². The lowest BCUT2D eigenvalue weighted by atomic mass is 10.2. The molecule has 0 radical (unpaired) electrons. The second-order valence-electron chi connectivity index (χ2n) is 2.81. The van der Waals surface area contributed by atoms with Gasteiger partial charge < -0.3 is 0 Å². The minimum atomic E-state index is -0.296. The fourth-order valence-electron chi connectivity index (χ4n) is 1.12. The standard InChI is InChI=1S/C9H9FN4/c1-2-14-12-9(11-13-14)7-4-3-5-8(10)6-7/h3-6H,2H2,1H3. The molecular formula is C9H9FN4. The first-order valence-corrected chi connectivity index (χ1v) is 4.33. The first-order valence-electron chi connectivity index (χ1n) is 4.33. The van der Waals surface area contributed by atoms with Crippen LogP contribution in [0, 0.1) is 5.82 Å². The Labute approximate surface area is 80.4 Å². The van der Waals surface area contributed by atoms with Gasteiger partial charge >= 0.3 is 0 Å². The molecule has 0 aliphatic rings. The Hall–Kier alpha value is -1.78. The van der Waals surface area contributed by atoms with Crippen molar-refractivity contribution in [3.8, 4) is 11.4 Å². The van der Waals surface area contributed by atoms with Gasteiger partial charge in [0.05, 0.1) is 6.54 Å². The molecule has 0 unspecified atom stereocenters. The van der Waals surface area contributed by atoms with Crippen molar-refractivity contribution in [3.63, 3.8) is 0 Å². The molecule has 0 fully saturated rings. The van der Waals surface area contributed by atoms with Gasteiger partial charge in [-0.3, -0.25) is 0 Å². The number of aromatic nitrogens is 4. The van der Waals surface area contributed by atoms with E-state index in [-0.39, 0.29) is 5.82 Å². The molecule has 1 heterocycles. The molecule has 0 N–H and O–H groups in total. The fourth-order valence-corrected chi connectivity index (χ4v) is 1.12. The van der Waals surface area contributed by atoms with Crippen LogP contribution in [0.25, 0.3) is 11.4 Å². The van der Waals surface area contributed by atoms with Crippen LogP contribution in [0.3, 0.4) is 0 Å². The Kier molecular flexibility index (Phi) is 2.22. The summed E-state index contributed by atoms with van der Waals surface area (Å²) in [5.41, 5.74) is 0.643. The van der Waals surface area contributed by atoms with Gasteiger partial charge in [-0.2, -0.15) is 4.80 Å². The van der Waals surface area contributed by atoms with Gasteiger partial charge in [0.1, 0.15) is 5.82 Å². The predicted octanol–water partition coefficient (Wildman–Crippen LogP) is 1.50. The summed E-state index contributed by atoms with van der Waals surface area (Å²) in [5, 5.41) is 11.7.